The zero-order valence-electron chi connectivity index (χ0n) is 7.49. The fraction of sp³-hybridized carbons (Fsp3) is 0.300. The molecule has 3 heteroatoms. The highest BCUT2D eigenvalue weighted by molar-refractivity contribution is 5.88. The normalized spacial score (nSPS) is 16.1. The predicted octanol–water partition coefficient (Wildman–Crippen LogP) is 1.82. The minimum absolute atomic E-state index is 0.273. The van der Waals surface area contributed by atoms with E-state index in [0.717, 1.165) is 17.7 Å². The second-order valence-electron chi connectivity index (χ2n) is 3.05. The number of anilines is 1. The lowest BCUT2D eigenvalue weighted by molar-refractivity contribution is 0.159. The fourth-order valence-electron chi connectivity index (χ4n) is 1.49. The monoisotopic (exact) mass is 177 g/mol. The lowest BCUT2D eigenvalue weighted by Crippen LogP contribution is -2.25. The van der Waals surface area contributed by atoms with Crippen LogP contribution in [0, 0.1) is 0 Å². The predicted molar refractivity (Wildman–Crippen MR) is 49.9 cm³/mol. The van der Waals surface area contributed by atoms with Crippen molar-refractivity contribution in [3.63, 3.8) is 0 Å². The molecular weight excluding hydrogens is 166 g/mol. The third-order valence-corrected chi connectivity index (χ3v) is 2.22. The Bertz CT molecular complexity index is 335. The molecule has 0 atom stereocenters. The Morgan fingerprint density at radius 3 is 3.00 bits per heavy atom. The number of para-hydroxylation sites is 1. The van der Waals surface area contributed by atoms with Crippen LogP contribution in [0.1, 0.15) is 5.56 Å². The second-order valence-corrected chi connectivity index (χ2v) is 3.05. The number of ether oxygens (including phenoxy) is 1. The first-order chi connectivity index (χ1) is 6.29. The van der Waals surface area contributed by atoms with E-state index in [2.05, 4.69) is 0 Å². The molecule has 0 radical (unpaired) electrons. The van der Waals surface area contributed by atoms with Crippen molar-refractivity contribution >= 4 is 11.8 Å². The number of fused-ring (bicyclic) bond motifs is 1. The summed E-state index contributed by atoms with van der Waals surface area (Å²) in [5.41, 5.74) is 2.11. The van der Waals surface area contributed by atoms with E-state index in [1.807, 2.05) is 24.3 Å². The van der Waals surface area contributed by atoms with Crippen LogP contribution in [0.15, 0.2) is 24.3 Å². The molecule has 0 aromatic heterocycles. The highest BCUT2D eigenvalue weighted by atomic mass is 16.6. The van der Waals surface area contributed by atoms with Crippen molar-refractivity contribution in [3.8, 4) is 0 Å². The number of carbonyl (C=O) groups is 1. The Labute approximate surface area is 76.9 Å². The van der Waals surface area contributed by atoms with E-state index in [1.165, 1.54) is 0 Å². The number of hydrogen-bond donors (Lipinski definition) is 0. The van der Waals surface area contributed by atoms with Crippen molar-refractivity contribution in [1.82, 2.24) is 0 Å². The highest BCUT2D eigenvalue weighted by Gasteiger charge is 2.18. The Kier molecular flexibility index (Phi) is 1.93. The van der Waals surface area contributed by atoms with Gasteiger partial charge in [-0.05, 0) is 11.6 Å². The lowest BCUT2D eigenvalue weighted by Gasteiger charge is -2.15. The summed E-state index contributed by atoms with van der Waals surface area (Å²) in [5.74, 6) is 0. The minimum atomic E-state index is -0.273. The van der Waals surface area contributed by atoms with Gasteiger partial charge in [-0.15, -0.1) is 0 Å². The average Bonchev–Trinajstić information content (AvgIpc) is 2.29. The van der Waals surface area contributed by atoms with Gasteiger partial charge in [0.25, 0.3) is 0 Å². The van der Waals surface area contributed by atoms with Gasteiger partial charge in [-0.3, -0.25) is 4.90 Å². The van der Waals surface area contributed by atoms with E-state index >= 15 is 0 Å². The van der Waals surface area contributed by atoms with Gasteiger partial charge in [0, 0.05) is 13.5 Å². The van der Waals surface area contributed by atoms with Gasteiger partial charge in [-0.25, -0.2) is 4.79 Å². The molecule has 68 valence electrons. The Balaban J connectivity index is 2.46. The molecule has 13 heavy (non-hydrogen) atoms. The largest absolute Gasteiger partial charge is 0.449 e. The van der Waals surface area contributed by atoms with E-state index in [0.29, 0.717) is 6.61 Å². The maximum absolute atomic E-state index is 11.3. The van der Waals surface area contributed by atoms with E-state index in [9.17, 15) is 4.79 Å². The molecule has 1 aromatic carbocycles. The lowest BCUT2D eigenvalue weighted by atomic mass is 10.1. The van der Waals surface area contributed by atoms with Crippen LogP contribution >= 0.6 is 0 Å². The van der Waals surface area contributed by atoms with Crippen molar-refractivity contribution in [1.29, 1.82) is 0 Å². The first kappa shape index (κ1) is 8.10. The zero-order chi connectivity index (χ0) is 9.26. The first-order valence-electron chi connectivity index (χ1n) is 4.27. The van der Waals surface area contributed by atoms with Crippen molar-refractivity contribution in [2.45, 2.75) is 6.42 Å². The van der Waals surface area contributed by atoms with Crippen LogP contribution in [0.4, 0.5) is 10.5 Å². The number of hydrogen-bond acceptors (Lipinski definition) is 2. The molecule has 2 rings (SSSR count). The van der Waals surface area contributed by atoms with Crippen LogP contribution in [0.25, 0.3) is 0 Å². The van der Waals surface area contributed by atoms with Gasteiger partial charge in [-0.1, -0.05) is 18.2 Å². The minimum Gasteiger partial charge on any atom is -0.449 e. The molecule has 3 nitrogen and oxygen atoms in total. The van der Waals surface area contributed by atoms with Gasteiger partial charge >= 0.3 is 6.09 Å². The van der Waals surface area contributed by atoms with Gasteiger partial charge < -0.3 is 4.74 Å². The molecule has 0 bridgehead atoms. The molecular formula is C10H11NO2. The maximum atomic E-state index is 11.3. The van der Waals surface area contributed by atoms with Gasteiger partial charge in [0.2, 0.25) is 0 Å². The molecule has 0 unspecified atom stereocenters. The Morgan fingerprint density at radius 1 is 1.38 bits per heavy atom. The van der Waals surface area contributed by atoms with Gasteiger partial charge in [0.1, 0.15) is 0 Å². The molecule has 0 N–H and O–H groups in total. The van der Waals surface area contributed by atoms with Crippen LogP contribution in [0.3, 0.4) is 0 Å². The number of rotatable bonds is 0. The molecule has 0 saturated carbocycles. The molecule has 1 aliphatic rings. The third kappa shape index (κ3) is 1.37. The molecule has 0 saturated heterocycles. The van der Waals surface area contributed by atoms with Gasteiger partial charge in [0.15, 0.2) is 0 Å². The molecule has 1 heterocycles. The molecule has 0 aliphatic carbocycles. The fourth-order valence-corrected chi connectivity index (χ4v) is 1.49. The topological polar surface area (TPSA) is 29.5 Å². The molecule has 1 aromatic rings. The van der Waals surface area contributed by atoms with E-state index in [1.54, 1.807) is 11.9 Å². The second kappa shape index (κ2) is 3.09. The third-order valence-electron chi connectivity index (χ3n) is 2.22. The summed E-state index contributed by atoms with van der Waals surface area (Å²) in [4.78, 5) is 12.8. The van der Waals surface area contributed by atoms with Crippen molar-refractivity contribution in [2.75, 3.05) is 18.6 Å². The summed E-state index contributed by atoms with van der Waals surface area (Å²) in [5, 5.41) is 0. The van der Waals surface area contributed by atoms with Crippen molar-refractivity contribution in [2.24, 2.45) is 0 Å². The summed E-state index contributed by atoms with van der Waals surface area (Å²) in [6.07, 6.45) is 0.525. The van der Waals surface area contributed by atoms with Crippen molar-refractivity contribution in [3.05, 3.63) is 29.8 Å². The first-order valence-corrected chi connectivity index (χ1v) is 4.27. The number of carbonyl (C=O) groups excluding carboxylic acids is 1. The summed E-state index contributed by atoms with van der Waals surface area (Å²) in [7, 11) is 1.73. The van der Waals surface area contributed by atoms with Crippen LogP contribution < -0.4 is 4.90 Å². The standard InChI is InChI=1S/C10H11NO2/c1-11-9-5-3-2-4-8(9)6-7-13-10(11)12/h2-5H,6-7H2,1H3. The Hall–Kier alpha value is -1.51. The van der Waals surface area contributed by atoms with E-state index in [-0.39, 0.29) is 6.09 Å². The van der Waals surface area contributed by atoms with Crippen LogP contribution in [-0.2, 0) is 11.2 Å². The van der Waals surface area contributed by atoms with E-state index < -0.39 is 0 Å². The van der Waals surface area contributed by atoms with Crippen LogP contribution in [0.2, 0.25) is 0 Å². The van der Waals surface area contributed by atoms with E-state index in [4.69, 9.17) is 4.74 Å². The molecule has 0 spiro atoms. The SMILES string of the molecule is CN1C(=O)OCCc2ccccc21. The maximum Gasteiger partial charge on any atom is 0.414 e. The number of amides is 1. The summed E-state index contributed by atoms with van der Waals surface area (Å²) >= 11 is 0. The summed E-state index contributed by atoms with van der Waals surface area (Å²) < 4.78 is 4.98. The van der Waals surface area contributed by atoms with Crippen LogP contribution in [-0.4, -0.2) is 19.7 Å². The smallest absolute Gasteiger partial charge is 0.414 e. The Morgan fingerprint density at radius 2 is 2.15 bits per heavy atom. The molecule has 1 amide bonds. The summed E-state index contributed by atoms with van der Waals surface area (Å²) in [6.45, 7) is 0.472. The molecule has 0 fully saturated rings. The summed E-state index contributed by atoms with van der Waals surface area (Å²) in [6, 6.07) is 7.85. The number of benzene rings is 1. The van der Waals surface area contributed by atoms with Gasteiger partial charge in [0.05, 0.1) is 12.3 Å². The van der Waals surface area contributed by atoms with Crippen molar-refractivity contribution < 1.29 is 9.53 Å². The quantitative estimate of drug-likeness (QED) is 0.605. The van der Waals surface area contributed by atoms with Gasteiger partial charge in [-0.2, -0.15) is 0 Å². The highest BCUT2D eigenvalue weighted by Crippen LogP contribution is 2.22. The number of cyclic esters (lactones) is 1. The molecule has 1 aliphatic heterocycles. The zero-order valence-corrected chi connectivity index (χ0v) is 7.49. The van der Waals surface area contributed by atoms with Crippen LogP contribution in [0.5, 0.6) is 0 Å². The average molecular weight is 177 g/mol. The number of nitrogens with zero attached hydrogens (tertiary/aromatic N) is 1.